The average Bonchev–Trinajstić information content (AvgIpc) is 2.31. The molecule has 3 heteroatoms. The minimum Gasteiger partial charge on any atom is -0.457 e. The molecule has 86 valence electrons. The predicted molar refractivity (Wildman–Crippen MR) is 63.0 cm³/mol. The number of halogens is 1. The quantitative estimate of drug-likeness (QED) is 0.751. The van der Waals surface area contributed by atoms with Crippen molar-refractivity contribution in [2.45, 2.75) is 6.92 Å². The fourth-order valence-corrected chi connectivity index (χ4v) is 1.51. The van der Waals surface area contributed by atoms with E-state index in [-0.39, 0.29) is 5.56 Å². The van der Waals surface area contributed by atoms with Crippen molar-refractivity contribution in [2.75, 3.05) is 0 Å². The summed E-state index contributed by atoms with van der Waals surface area (Å²) in [5, 5.41) is 0. The molecule has 0 atom stereocenters. The van der Waals surface area contributed by atoms with Gasteiger partial charge in [0.25, 0.3) is 0 Å². The van der Waals surface area contributed by atoms with Gasteiger partial charge in [-0.15, -0.1) is 0 Å². The van der Waals surface area contributed by atoms with Crippen LogP contribution in [0.3, 0.4) is 0 Å². The maximum absolute atomic E-state index is 12.9. The lowest BCUT2D eigenvalue weighted by molar-refractivity contribution is 0.112. The van der Waals surface area contributed by atoms with E-state index in [1.54, 1.807) is 6.07 Å². The van der Waals surface area contributed by atoms with Crippen LogP contribution in [0.25, 0.3) is 0 Å². The highest BCUT2D eigenvalue weighted by Crippen LogP contribution is 2.25. The molecule has 0 radical (unpaired) electrons. The Morgan fingerprint density at radius 3 is 2.71 bits per heavy atom. The molecule has 0 unspecified atom stereocenters. The summed E-state index contributed by atoms with van der Waals surface area (Å²) in [4.78, 5) is 10.8. The SMILES string of the molecule is Cc1cccc(Oc2ccc(F)cc2C=O)c1. The molecule has 2 rings (SSSR count). The molecule has 0 fully saturated rings. The zero-order chi connectivity index (χ0) is 12.3. The standard InChI is InChI=1S/C14H11FO2/c1-10-3-2-4-13(7-10)17-14-6-5-12(15)8-11(14)9-16/h2-9H,1H3. The van der Waals surface area contributed by atoms with Crippen LogP contribution in [0.5, 0.6) is 11.5 Å². The Morgan fingerprint density at radius 1 is 1.18 bits per heavy atom. The highest BCUT2D eigenvalue weighted by Gasteiger charge is 2.05. The van der Waals surface area contributed by atoms with Crippen LogP contribution in [-0.2, 0) is 0 Å². The largest absolute Gasteiger partial charge is 0.457 e. The molecule has 2 nitrogen and oxygen atoms in total. The third-order valence-electron chi connectivity index (χ3n) is 2.32. The Bertz CT molecular complexity index is 550. The van der Waals surface area contributed by atoms with Crippen molar-refractivity contribution in [2.24, 2.45) is 0 Å². The molecule has 0 heterocycles. The monoisotopic (exact) mass is 230 g/mol. The van der Waals surface area contributed by atoms with E-state index in [2.05, 4.69) is 0 Å². The molecule has 0 aromatic heterocycles. The van der Waals surface area contributed by atoms with Gasteiger partial charge in [0.1, 0.15) is 17.3 Å². The Labute approximate surface area is 98.7 Å². The maximum atomic E-state index is 12.9. The fourth-order valence-electron chi connectivity index (χ4n) is 1.51. The van der Waals surface area contributed by atoms with Crippen LogP contribution >= 0.6 is 0 Å². The van der Waals surface area contributed by atoms with Gasteiger partial charge in [0, 0.05) is 0 Å². The highest BCUT2D eigenvalue weighted by molar-refractivity contribution is 5.79. The molecular formula is C14H11FO2. The summed E-state index contributed by atoms with van der Waals surface area (Å²) in [6.45, 7) is 1.94. The second kappa shape index (κ2) is 4.78. The van der Waals surface area contributed by atoms with E-state index in [1.807, 2.05) is 25.1 Å². The van der Waals surface area contributed by atoms with Crippen LogP contribution in [0.1, 0.15) is 15.9 Å². The Morgan fingerprint density at radius 2 is 2.00 bits per heavy atom. The van der Waals surface area contributed by atoms with Crippen LogP contribution in [-0.4, -0.2) is 6.29 Å². The van der Waals surface area contributed by atoms with E-state index in [4.69, 9.17) is 4.74 Å². The third kappa shape index (κ3) is 2.69. The number of aryl methyl sites for hydroxylation is 1. The number of aldehydes is 1. The number of benzene rings is 2. The minimum absolute atomic E-state index is 0.200. The smallest absolute Gasteiger partial charge is 0.153 e. The fraction of sp³-hybridized carbons (Fsp3) is 0.0714. The molecule has 0 bridgehead atoms. The van der Waals surface area contributed by atoms with Gasteiger partial charge in [0.05, 0.1) is 5.56 Å². The number of hydrogen-bond donors (Lipinski definition) is 0. The van der Waals surface area contributed by atoms with E-state index in [0.717, 1.165) is 11.6 Å². The molecule has 0 N–H and O–H groups in total. The van der Waals surface area contributed by atoms with Crippen molar-refractivity contribution in [1.29, 1.82) is 0 Å². The Balaban J connectivity index is 2.32. The molecule has 0 saturated carbocycles. The number of carbonyl (C=O) groups excluding carboxylic acids is 1. The molecule has 0 aliphatic rings. The predicted octanol–water partition coefficient (Wildman–Crippen LogP) is 3.74. The number of rotatable bonds is 3. The van der Waals surface area contributed by atoms with Crippen molar-refractivity contribution in [1.82, 2.24) is 0 Å². The summed E-state index contributed by atoms with van der Waals surface area (Å²) in [5.41, 5.74) is 1.25. The molecule has 0 saturated heterocycles. The molecular weight excluding hydrogens is 219 g/mol. The first-order valence-electron chi connectivity index (χ1n) is 5.18. The van der Waals surface area contributed by atoms with Gasteiger partial charge in [-0.25, -0.2) is 4.39 Å². The van der Waals surface area contributed by atoms with Crippen molar-refractivity contribution in [3.63, 3.8) is 0 Å². The molecule has 2 aromatic rings. The van der Waals surface area contributed by atoms with E-state index in [0.29, 0.717) is 17.8 Å². The highest BCUT2D eigenvalue weighted by atomic mass is 19.1. The van der Waals surface area contributed by atoms with E-state index in [9.17, 15) is 9.18 Å². The van der Waals surface area contributed by atoms with Gasteiger partial charge in [-0.3, -0.25) is 4.79 Å². The number of carbonyl (C=O) groups is 1. The third-order valence-corrected chi connectivity index (χ3v) is 2.32. The Kier molecular flexibility index (Phi) is 3.19. The van der Waals surface area contributed by atoms with Crippen LogP contribution in [0.2, 0.25) is 0 Å². The van der Waals surface area contributed by atoms with Crippen LogP contribution < -0.4 is 4.74 Å². The molecule has 0 amide bonds. The van der Waals surface area contributed by atoms with Gasteiger partial charge in [-0.1, -0.05) is 12.1 Å². The second-order valence-electron chi connectivity index (χ2n) is 3.72. The lowest BCUT2D eigenvalue weighted by Crippen LogP contribution is -1.91. The van der Waals surface area contributed by atoms with Gasteiger partial charge < -0.3 is 4.74 Å². The topological polar surface area (TPSA) is 26.3 Å². The first-order chi connectivity index (χ1) is 8.19. The summed E-state index contributed by atoms with van der Waals surface area (Å²) in [7, 11) is 0. The van der Waals surface area contributed by atoms with Gasteiger partial charge in [-0.05, 0) is 42.8 Å². The first kappa shape index (κ1) is 11.3. The minimum atomic E-state index is -0.455. The van der Waals surface area contributed by atoms with Crippen molar-refractivity contribution >= 4 is 6.29 Å². The van der Waals surface area contributed by atoms with Crippen LogP contribution in [0.15, 0.2) is 42.5 Å². The summed E-state index contributed by atoms with van der Waals surface area (Å²) >= 11 is 0. The molecule has 0 aliphatic heterocycles. The van der Waals surface area contributed by atoms with Crippen molar-refractivity contribution in [3.8, 4) is 11.5 Å². The van der Waals surface area contributed by atoms with Gasteiger partial charge in [0.15, 0.2) is 6.29 Å². The van der Waals surface area contributed by atoms with Gasteiger partial charge in [-0.2, -0.15) is 0 Å². The van der Waals surface area contributed by atoms with Crippen molar-refractivity contribution < 1.29 is 13.9 Å². The second-order valence-corrected chi connectivity index (χ2v) is 3.72. The molecule has 0 spiro atoms. The van der Waals surface area contributed by atoms with Crippen LogP contribution in [0, 0.1) is 12.7 Å². The normalized spacial score (nSPS) is 10.0. The first-order valence-corrected chi connectivity index (χ1v) is 5.18. The molecule has 0 aliphatic carbocycles. The Hall–Kier alpha value is -2.16. The van der Waals surface area contributed by atoms with E-state index >= 15 is 0 Å². The lowest BCUT2D eigenvalue weighted by atomic mass is 10.2. The number of ether oxygens (including phenoxy) is 1. The zero-order valence-corrected chi connectivity index (χ0v) is 9.31. The van der Waals surface area contributed by atoms with E-state index in [1.165, 1.54) is 12.1 Å². The lowest BCUT2D eigenvalue weighted by Gasteiger charge is -2.08. The zero-order valence-electron chi connectivity index (χ0n) is 9.31. The average molecular weight is 230 g/mol. The van der Waals surface area contributed by atoms with Gasteiger partial charge in [0.2, 0.25) is 0 Å². The van der Waals surface area contributed by atoms with Gasteiger partial charge >= 0.3 is 0 Å². The summed E-state index contributed by atoms with van der Waals surface area (Å²) in [6.07, 6.45) is 0.578. The molecule has 17 heavy (non-hydrogen) atoms. The van der Waals surface area contributed by atoms with Crippen molar-refractivity contribution in [3.05, 3.63) is 59.4 Å². The summed E-state index contributed by atoms with van der Waals surface area (Å²) in [6, 6.07) is 11.3. The number of hydrogen-bond acceptors (Lipinski definition) is 2. The van der Waals surface area contributed by atoms with E-state index < -0.39 is 5.82 Å². The summed E-state index contributed by atoms with van der Waals surface area (Å²) < 4.78 is 18.5. The van der Waals surface area contributed by atoms with Crippen LogP contribution in [0.4, 0.5) is 4.39 Å². The summed E-state index contributed by atoms with van der Waals surface area (Å²) in [5.74, 6) is 0.524. The maximum Gasteiger partial charge on any atom is 0.153 e. The molecule has 2 aromatic carbocycles.